The Morgan fingerprint density at radius 1 is 1.35 bits per heavy atom. The highest BCUT2D eigenvalue weighted by Crippen LogP contribution is 2.34. The molecule has 2 unspecified atom stereocenters. The Kier molecular flexibility index (Phi) is 3.82. The zero-order valence-electron chi connectivity index (χ0n) is 10.6. The van der Waals surface area contributed by atoms with Gasteiger partial charge in [0.1, 0.15) is 5.75 Å². The molecule has 0 heterocycles. The molecule has 1 aliphatic rings. The molecule has 0 saturated heterocycles. The normalized spacial score (nSPS) is 23.6. The molecule has 2 atom stereocenters. The predicted octanol–water partition coefficient (Wildman–Crippen LogP) is 3.70. The molecule has 2 nitrogen and oxygen atoms in total. The SMILES string of the molecule is CCOc1ccccc1C(=O)C1CCC(C)C1. The second-order valence-corrected chi connectivity index (χ2v) is 4.91. The van der Waals surface area contributed by atoms with Crippen molar-refractivity contribution < 1.29 is 9.53 Å². The molecule has 1 aromatic carbocycles. The first kappa shape index (κ1) is 12.2. The molecule has 1 fully saturated rings. The number of Topliss-reactive ketones (excluding diaryl/α,β-unsaturated/α-hetero) is 1. The third-order valence-electron chi connectivity index (χ3n) is 3.52. The lowest BCUT2D eigenvalue weighted by atomic mass is 9.95. The molecule has 0 spiro atoms. The number of hydrogen-bond acceptors (Lipinski definition) is 2. The molecular formula is C15H20O2. The summed E-state index contributed by atoms with van der Waals surface area (Å²) >= 11 is 0. The highest BCUT2D eigenvalue weighted by Gasteiger charge is 2.29. The first-order valence-corrected chi connectivity index (χ1v) is 6.48. The van der Waals surface area contributed by atoms with E-state index in [1.165, 1.54) is 6.42 Å². The van der Waals surface area contributed by atoms with Crippen LogP contribution in [0.15, 0.2) is 24.3 Å². The minimum atomic E-state index is 0.201. The van der Waals surface area contributed by atoms with Crippen molar-refractivity contribution in [3.63, 3.8) is 0 Å². The van der Waals surface area contributed by atoms with Gasteiger partial charge in [-0.2, -0.15) is 0 Å². The number of ether oxygens (including phenoxy) is 1. The number of benzene rings is 1. The van der Waals surface area contributed by atoms with Crippen LogP contribution in [0, 0.1) is 11.8 Å². The van der Waals surface area contributed by atoms with E-state index in [1.807, 2.05) is 31.2 Å². The maximum Gasteiger partial charge on any atom is 0.169 e. The van der Waals surface area contributed by atoms with E-state index in [-0.39, 0.29) is 11.7 Å². The van der Waals surface area contributed by atoms with Crippen LogP contribution < -0.4 is 4.74 Å². The van der Waals surface area contributed by atoms with Gasteiger partial charge in [0, 0.05) is 5.92 Å². The number of ketones is 1. The number of carbonyl (C=O) groups excluding carboxylic acids is 1. The van der Waals surface area contributed by atoms with Crippen molar-refractivity contribution >= 4 is 5.78 Å². The molecular weight excluding hydrogens is 212 g/mol. The molecule has 0 bridgehead atoms. The molecule has 2 heteroatoms. The standard InChI is InChI=1S/C15H20O2/c1-3-17-14-7-5-4-6-13(14)15(16)12-9-8-11(2)10-12/h4-7,11-12H,3,8-10H2,1-2H3. The average Bonchev–Trinajstić information content (AvgIpc) is 2.76. The fourth-order valence-corrected chi connectivity index (χ4v) is 2.62. The van der Waals surface area contributed by atoms with Crippen LogP contribution in [-0.4, -0.2) is 12.4 Å². The second-order valence-electron chi connectivity index (χ2n) is 4.91. The summed E-state index contributed by atoms with van der Waals surface area (Å²) in [7, 11) is 0. The maximum absolute atomic E-state index is 12.4. The Balaban J connectivity index is 2.18. The van der Waals surface area contributed by atoms with Crippen LogP contribution in [0.2, 0.25) is 0 Å². The number of para-hydroxylation sites is 1. The summed E-state index contributed by atoms with van der Waals surface area (Å²) in [6, 6.07) is 7.60. The summed E-state index contributed by atoms with van der Waals surface area (Å²) in [4.78, 5) is 12.4. The van der Waals surface area contributed by atoms with Crippen LogP contribution in [0.3, 0.4) is 0 Å². The summed E-state index contributed by atoms with van der Waals surface area (Å²) in [5.74, 6) is 1.88. The largest absolute Gasteiger partial charge is 0.493 e. The van der Waals surface area contributed by atoms with Crippen molar-refractivity contribution in [2.75, 3.05) is 6.61 Å². The van der Waals surface area contributed by atoms with Gasteiger partial charge in [0.05, 0.1) is 12.2 Å². The minimum absolute atomic E-state index is 0.201. The zero-order chi connectivity index (χ0) is 12.3. The monoisotopic (exact) mass is 232 g/mol. The zero-order valence-corrected chi connectivity index (χ0v) is 10.6. The topological polar surface area (TPSA) is 26.3 Å². The molecule has 0 aliphatic heterocycles. The van der Waals surface area contributed by atoms with E-state index in [2.05, 4.69) is 6.92 Å². The van der Waals surface area contributed by atoms with Gasteiger partial charge in [-0.3, -0.25) is 4.79 Å². The molecule has 92 valence electrons. The Hall–Kier alpha value is -1.31. The number of rotatable bonds is 4. The molecule has 2 rings (SSSR count). The summed E-state index contributed by atoms with van der Waals surface area (Å²) in [6.45, 7) is 4.77. The van der Waals surface area contributed by atoms with Gasteiger partial charge in [-0.25, -0.2) is 0 Å². The average molecular weight is 232 g/mol. The molecule has 1 saturated carbocycles. The van der Waals surface area contributed by atoms with E-state index in [4.69, 9.17) is 4.74 Å². The van der Waals surface area contributed by atoms with Crippen LogP contribution in [0.25, 0.3) is 0 Å². The van der Waals surface area contributed by atoms with E-state index >= 15 is 0 Å². The van der Waals surface area contributed by atoms with Gasteiger partial charge < -0.3 is 4.74 Å². The van der Waals surface area contributed by atoms with E-state index in [1.54, 1.807) is 0 Å². The maximum atomic E-state index is 12.4. The van der Waals surface area contributed by atoms with E-state index < -0.39 is 0 Å². The van der Waals surface area contributed by atoms with Crippen molar-refractivity contribution in [3.05, 3.63) is 29.8 Å². The molecule has 0 radical (unpaired) electrons. The van der Waals surface area contributed by atoms with Gasteiger partial charge in [-0.1, -0.05) is 19.1 Å². The van der Waals surface area contributed by atoms with Gasteiger partial charge in [-0.15, -0.1) is 0 Å². The van der Waals surface area contributed by atoms with Crippen molar-refractivity contribution in [3.8, 4) is 5.75 Å². The van der Waals surface area contributed by atoms with Crippen molar-refractivity contribution in [2.24, 2.45) is 11.8 Å². The van der Waals surface area contributed by atoms with Crippen LogP contribution in [0.1, 0.15) is 43.5 Å². The molecule has 1 aliphatic carbocycles. The van der Waals surface area contributed by atoms with Crippen LogP contribution in [0.5, 0.6) is 5.75 Å². The number of hydrogen-bond donors (Lipinski definition) is 0. The van der Waals surface area contributed by atoms with Crippen molar-refractivity contribution in [1.82, 2.24) is 0 Å². The lowest BCUT2D eigenvalue weighted by Gasteiger charge is -2.12. The molecule has 1 aromatic rings. The van der Waals surface area contributed by atoms with Gasteiger partial charge in [0.2, 0.25) is 0 Å². The first-order valence-electron chi connectivity index (χ1n) is 6.48. The Labute approximate surface area is 103 Å². The molecule has 0 amide bonds. The van der Waals surface area contributed by atoms with Gasteiger partial charge in [0.15, 0.2) is 5.78 Å². The fourth-order valence-electron chi connectivity index (χ4n) is 2.62. The van der Waals surface area contributed by atoms with E-state index in [0.717, 1.165) is 24.2 Å². The summed E-state index contributed by atoms with van der Waals surface area (Å²) in [5, 5.41) is 0. The summed E-state index contributed by atoms with van der Waals surface area (Å²) in [5.41, 5.74) is 0.758. The van der Waals surface area contributed by atoms with Crippen LogP contribution in [-0.2, 0) is 0 Å². The van der Waals surface area contributed by atoms with Gasteiger partial charge in [-0.05, 0) is 44.2 Å². The third kappa shape index (κ3) is 2.68. The fraction of sp³-hybridized carbons (Fsp3) is 0.533. The van der Waals surface area contributed by atoms with Gasteiger partial charge >= 0.3 is 0 Å². The molecule has 0 N–H and O–H groups in total. The Bertz CT molecular complexity index is 398. The minimum Gasteiger partial charge on any atom is -0.493 e. The molecule has 17 heavy (non-hydrogen) atoms. The Morgan fingerprint density at radius 2 is 2.12 bits per heavy atom. The number of carbonyl (C=O) groups is 1. The van der Waals surface area contributed by atoms with Crippen LogP contribution in [0.4, 0.5) is 0 Å². The molecule has 0 aromatic heterocycles. The van der Waals surface area contributed by atoms with E-state index in [9.17, 15) is 4.79 Å². The highest BCUT2D eigenvalue weighted by molar-refractivity contribution is 6.00. The van der Waals surface area contributed by atoms with Gasteiger partial charge in [0.25, 0.3) is 0 Å². The quantitative estimate of drug-likeness (QED) is 0.740. The summed E-state index contributed by atoms with van der Waals surface area (Å²) in [6.07, 6.45) is 3.23. The smallest absolute Gasteiger partial charge is 0.169 e. The predicted molar refractivity (Wildman–Crippen MR) is 68.4 cm³/mol. The van der Waals surface area contributed by atoms with Crippen molar-refractivity contribution in [2.45, 2.75) is 33.1 Å². The van der Waals surface area contributed by atoms with Crippen LogP contribution >= 0.6 is 0 Å². The lowest BCUT2D eigenvalue weighted by molar-refractivity contribution is 0.0916. The third-order valence-corrected chi connectivity index (χ3v) is 3.52. The Morgan fingerprint density at radius 3 is 2.76 bits per heavy atom. The first-order chi connectivity index (χ1) is 8.22. The summed E-state index contributed by atoms with van der Waals surface area (Å²) < 4.78 is 5.52. The van der Waals surface area contributed by atoms with Crippen molar-refractivity contribution in [1.29, 1.82) is 0 Å². The second kappa shape index (κ2) is 5.35. The van der Waals surface area contributed by atoms with E-state index in [0.29, 0.717) is 12.5 Å². The lowest BCUT2D eigenvalue weighted by Crippen LogP contribution is -2.13. The highest BCUT2D eigenvalue weighted by atomic mass is 16.5.